The third-order valence-electron chi connectivity index (χ3n) is 3.27. The summed E-state index contributed by atoms with van der Waals surface area (Å²) in [6.07, 6.45) is 4.77. The molecule has 1 fully saturated rings. The number of carbonyl (C=O) groups is 1. The summed E-state index contributed by atoms with van der Waals surface area (Å²) in [6, 6.07) is 0. The number of rotatable bonds is 3. The first-order valence-electron chi connectivity index (χ1n) is 6.00. The van der Waals surface area contributed by atoms with Crippen LogP contribution >= 0.6 is 0 Å². The SMILES string of the molecule is CCCN1CCN(C2=CC(=O)CC2)CC1. The molecule has 0 aromatic carbocycles. The molecule has 0 aromatic heterocycles. The van der Waals surface area contributed by atoms with Crippen molar-refractivity contribution in [3.05, 3.63) is 11.8 Å². The van der Waals surface area contributed by atoms with Gasteiger partial charge in [0.15, 0.2) is 5.78 Å². The predicted molar refractivity (Wildman–Crippen MR) is 60.6 cm³/mol. The summed E-state index contributed by atoms with van der Waals surface area (Å²) >= 11 is 0. The van der Waals surface area contributed by atoms with Gasteiger partial charge in [-0.05, 0) is 19.4 Å². The van der Waals surface area contributed by atoms with E-state index in [-0.39, 0.29) is 0 Å². The number of hydrogen-bond acceptors (Lipinski definition) is 3. The highest BCUT2D eigenvalue weighted by molar-refractivity contribution is 5.92. The van der Waals surface area contributed by atoms with Crippen molar-refractivity contribution < 1.29 is 4.79 Å². The molecule has 2 aliphatic rings. The molecule has 3 nitrogen and oxygen atoms in total. The highest BCUT2D eigenvalue weighted by Crippen LogP contribution is 2.20. The maximum atomic E-state index is 11.1. The molecular formula is C12H20N2O. The predicted octanol–water partition coefficient (Wildman–Crippen LogP) is 1.26. The van der Waals surface area contributed by atoms with E-state index in [4.69, 9.17) is 0 Å². The van der Waals surface area contributed by atoms with Crippen molar-refractivity contribution in [3.8, 4) is 0 Å². The van der Waals surface area contributed by atoms with Crippen LogP contribution in [0.1, 0.15) is 26.2 Å². The number of hydrogen-bond donors (Lipinski definition) is 0. The largest absolute Gasteiger partial charge is 0.372 e. The third kappa shape index (κ3) is 2.59. The van der Waals surface area contributed by atoms with E-state index >= 15 is 0 Å². The van der Waals surface area contributed by atoms with Gasteiger partial charge in [0.25, 0.3) is 0 Å². The first-order valence-corrected chi connectivity index (χ1v) is 6.00. The van der Waals surface area contributed by atoms with Gasteiger partial charge in [0.05, 0.1) is 0 Å². The molecule has 0 unspecified atom stereocenters. The molecule has 0 bridgehead atoms. The normalized spacial score (nSPS) is 23.4. The van der Waals surface area contributed by atoms with Gasteiger partial charge in [-0.15, -0.1) is 0 Å². The molecule has 2 rings (SSSR count). The lowest BCUT2D eigenvalue weighted by atomic mass is 10.2. The molecule has 15 heavy (non-hydrogen) atoms. The van der Waals surface area contributed by atoms with E-state index in [9.17, 15) is 4.79 Å². The molecule has 0 saturated carbocycles. The molecule has 0 atom stereocenters. The van der Waals surface area contributed by atoms with Crippen LogP contribution in [0, 0.1) is 0 Å². The van der Waals surface area contributed by atoms with Gasteiger partial charge in [0.1, 0.15) is 0 Å². The molecular weight excluding hydrogens is 188 g/mol. The Balaban J connectivity index is 1.83. The summed E-state index contributed by atoms with van der Waals surface area (Å²) in [5.41, 5.74) is 1.27. The highest BCUT2D eigenvalue weighted by atomic mass is 16.1. The van der Waals surface area contributed by atoms with Crippen molar-refractivity contribution in [1.29, 1.82) is 0 Å². The topological polar surface area (TPSA) is 23.6 Å². The Labute approximate surface area is 91.7 Å². The fourth-order valence-electron chi connectivity index (χ4n) is 2.41. The zero-order valence-corrected chi connectivity index (χ0v) is 9.54. The van der Waals surface area contributed by atoms with Gasteiger partial charge in [0, 0.05) is 44.4 Å². The monoisotopic (exact) mass is 208 g/mol. The molecule has 84 valence electrons. The number of nitrogens with zero attached hydrogens (tertiary/aromatic N) is 2. The minimum atomic E-state index is 0.306. The smallest absolute Gasteiger partial charge is 0.157 e. The Morgan fingerprint density at radius 3 is 2.47 bits per heavy atom. The second-order valence-corrected chi connectivity index (χ2v) is 4.43. The number of allylic oxidation sites excluding steroid dienone is 2. The van der Waals surface area contributed by atoms with Gasteiger partial charge in [0.2, 0.25) is 0 Å². The van der Waals surface area contributed by atoms with Crippen LogP contribution in [0.25, 0.3) is 0 Å². The molecule has 0 amide bonds. The zero-order chi connectivity index (χ0) is 10.7. The van der Waals surface area contributed by atoms with Crippen LogP contribution in [-0.4, -0.2) is 48.3 Å². The fourth-order valence-corrected chi connectivity index (χ4v) is 2.41. The van der Waals surface area contributed by atoms with Crippen molar-refractivity contribution in [2.45, 2.75) is 26.2 Å². The minimum Gasteiger partial charge on any atom is -0.372 e. The van der Waals surface area contributed by atoms with E-state index < -0.39 is 0 Å². The Hall–Kier alpha value is -0.830. The first-order chi connectivity index (χ1) is 7.29. The number of ketones is 1. The second-order valence-electron chi connectivity index (χ2n) is 4.43. The Kier molecular flexibility index (Phi) is 3.41. The van der Waals surface area contributed by atoms with Crippen molar-refractivity contribution in [2.24, 2.45) is 0 Å². The molecule has 0 N–H and O–H groups in total. The molecule has 0 spiro atoms. The van der Waals surface area contributed by atoms with Gasteiger partial charge in [-0.2, -0.15) is 0 Å². The fraction of sp³-hybridized carbons (Fsp3) is 0.750. The van der Waals surface area contributed by atoms with Crippen LogP contribution in [0.2, 0.25) is 0 Å². The summed E-state index contributed by atoms with van der Waals surface area (Å²) in [5.74, 6) is 0.306. The van der Waals surface area contributed by atoms with E-state index in [1.807, 2.05) is 6.08 Å². The van der Waals surface area contributed by atoms with E-state index in [0.29, 0.717) is 5.78 Å². The van der Waals surface area contributed by atoms with Gasteiger partial charge in [-0.25, -0.2) is 0 Å². The van der Waals surface area contributed by atoms with Gasteiger partial charge in [-0.1, -0.05) is 6.92 Å². The van der Waals surface area contributed by atoms with Crippen LogP contribution in [0.4, 0.5) is 0 Å². The highest BCUT2D eigenvalue weighted by Gasteiger charge is 2.21. The van der Waals surface area contributed by atoms with Crippen molar-refractivity contribution >= 4 is 5.78 Å². The van der Waals surface area contributed by atoms with Crippen LogP contribution in [0.3, 0.4) is 0 Å². The summed E-state index contributed by atoms with van der Waals surface area (Å²) < 4.78 is 0. The minimum absolute atomic E-state index is 0.306. The quantitative estimate of drug-likeness (QED) is 0.697. The van der Waals surface area contributed by atoms with Gasteiger partial charge in [-0.3, -0.25) is 9.69 Å². The summed E-state index contributed by atoms with van der Waals surface area (Å²) in [6.45, 7) is 7.94. The van der Waals surface area contributed by atoms with Gasteiger partial charge < -0.3 is 4.90 Å². The summed E-state index contributed by atoms with van der Waals surface area (Å²) in [7, 11) is 0. The molecule has 0 radical (unpaired) electrons. The lowest BCUT2D eigenvalue weighted by Crippen LogP contribution is -2.45. The van der Waals surface area contributed by atoms with Crippen LogP contribution in [-0.2, 0) is 4.79 Å². The van der Waals surface area contributed by atoms with Crippen LogP contribution < -0.4 is 0 Å². The van der Waals surface area contributed by atoms with Crippen LogP contribution in [0.5, 0.6) is 0 Å². The van der Waals surface area contributed by atoms with Gasteiger partial charge >= 0.3 is 0 Å². The van der Waals surface area contributed by atoms with E-state index in [1.54, 1.807) is 0 Å². The Morgan fingerprint density at radius 1 is 1.20 bits per heavy atom. The Bertz CT molecular complexity index is 265. The van der Waals surface area contributed by atoms with Crippen molar-refractivity contribution in [3.63, 3.8) is 0 Å². The average Bonchev–Trinajstić information content (AvgIpc) is 2.67. The maximum absolute atomic E-state index is 11.1. The average molecular weight is 208 g/mol. The second kappa shape index (κ2) is 4.79. The lowest BCUT2D eigenvalue weighted by molar-refractivity contribution is -0.114. The number of piperazine rings is 1. The molecule has 3 heteroatoms. The summed E-state index contributed by atoms with van der Waals surface area (Å²) in [4.78, 5) is 16.0. The summed E-state index contributed by atoms with van der Waals surface area (Å²) in [5, 5.41) is 0. The third-order valence-corrected chi connectivity index (χ3v) is 3.27. The molecule has 1 heterocycles. The Morgan fingerprint density at radius 2 is 1.93 bits per heavy atom. The lowest BCUT2D eigenvalue weighted by Gasteiger charge is -2.36. The molecule has 0 aromatic rings. The van der Waals surface area contributed by atoms with E-state index in [1.165, 1.54) is 18.7 Å². The molecule has 1 saturated heterocycles. The van der Waals surface area contributed by atoms with Crippen LogP contribution in [0.15, 0.2) is 11.8 Å². The zero-order valence-electron chi connectivity index (χ0n) is 9.54. The standard InChI is InChI=1S/C12H20N2O/c1-2-5-13-6-8-14(9-7-13)11-3-4-12(15)10-11/h10H,2-9H2,1H3. The van der Waals surface area contributed by atoms with E-state index in [0.717, 1.165) is 39.0 Å². The molecule has 1 aliphatic heterocycles. The van der Waals surface area contributed by atoms with E-state index in [2.05, 4.69) is 16.7 Å². The number of carbonyl (C=O) groups excluding carboxylic acids is 1. The first kappa shape index (κ1) is 10.7. The van der Waals surface area contributed by atoms with Crippen molar-refractivity contribution in [1.82, 2.24) is 9.80 Å². The van der Waals surface area contributed by atoms with Crippen molar-refractivity contribution in [2.75, 3.05) is 32.7 Å². The molecule has 1 aliphatic carbocycles. The maximum Gasteiger partial charge on any atom is 0.157 e.